The number of fused-ring (bicyclic) bond motifs is 1. The van der Waals surface area contributed by atoms with Gasteiger partial charge in [-0.3, -0.25) is 4.79 Å². The summed E-state index contributed by atoms with van der Waals surface area (Å²) in [5.41, 5.74) is 5.65. The monoisotopic (exact) mass is 447 g/mol. The molecular weight excluding hydrogens is 422 g/mol. The van der Waals surface area contributed by atoms with Crippen molar-refractivity contribution in [1.29, 1.82) is 0 Å². The largest absolute Gasteiger partial charge is 0.330 e. The topological polar surface area (TPSA) is 38.1 Å². The molecule has 5 rings (SSSR count). The van der Waals surface area contributed by atoms with Gasteiger partial charge in [-0.2, -0.15) is 5.10 Å². The van der Waals surface area contributed by atoms with E-state index < -0.39 is 0 Å². The van der Waals surface area contributed by atoms with E-state index in [9.17, 15) is 4.79 Å². The average Bonchev–Trinajstić information content (AvgIpc) is 3.53. The van der Waals surface area contributed by atoms with Gasteiger partial charge in [0.05, 0.1) is 17.4 Å². The molecule has 0 radical (unpaired) electrons. The van der Waals surface area contributed by atoms with Crippen LogP contribution in [-0.4, -0.2) is 27.1 Å². The highest BCUT2D eigenvalue weighted by Gasteiger charge is 2.33. The van der Waals surface area contributed by atoms with E-state index in [0.717, 1.165) is 30.0 Å². The summed E-state index contributed by atoms with van der Waals surface area (Å²) in [4.78, 5) is 18.2. The van der Waals surface area contributed by atoms with Crippen LogP contribution in [0.25, 0.3) is 5.69 Å². The highest BCUT2D eigenvalue weighted by Crippen LogP contribution is 2.39. The summed E-state index contributed by atoms with van der Waals surface area (Å²) >= 11 is 3.55. The molecule has 0 bridgehead atoms. The Hall–Kier alpha value is -2.70. The van der Waals surface area contributed by atoms with Crippen LogP contribution in [0.2, 0.25) is 0 Å². The molecule has 1 amide bonds. The molecule has 3 aromatic heterocycles. The average molecular weight is 448 g/mol. The number of hydrogen-bond donors (Lipinski definition) is 0. The van der Waals surface area contributed by atoms with Gasteiger partial charge in [0.2, 0.25) is 5.91 Å². The molecular formula is C25H25N3OS2. The van der Waals surface area contributed by atoms with Gasteiger partial charge < -0.3 is 4.90 Å². The Bertz CT molecular complexity index is 1190. The summed E-state index contributed by atoms with van der Waals surface area (Å²) in [6.07, 6.45) is 2.17. The fourth-order valence-electron chi connectivity index (χ4n) is 4.57. The van der Waals surface area contributed by atoms with Crippen molar-refractivity contribution in [1.82, 2.24) is 14.7 Å². The molecule has 0 aliphatic carbocycles. The lowest BCUT2D eigenvalue weighted by Crippen LogP contribution is -2.39. The summed E-state index contributed by atoms with van der Waals surface area (Å²) in [7, 11) is 0. The van der Waals surface area contributed by atoms with E-state index in [1.165, 1.54) is 20.9 Å². The van der Waals surface area contributed by atoms with Crippen molar-refractivity contribution in [3.8, 4) is 5.69 Å². The lowest BCUT2D eigenvalue weighted by atomic mass is 9.97. The zero-order valence-electron chi connectivity index (χ0n) is 17.7. The number of benzene rings is 1. The van der Waals surface area contributed by atoms with Gasteiger partial charge >= 0.3 is 0 Å². The SMILES string of the molecule is Cc1nn(-c2ccccc2)c(C)c1CCC(=O)N1CCc2sccc2C1c1cccs1. The highest BCUT2D eigenvalue weighted by molar-refractivity contribution is 7.10. The van der Waals surface area contributed by atoms with Gasteiger partial charge in [0, 0.05) is 28.4 Å². The molecule has 1 aliphatic heterocycles. The lowest BCUT2D eigenvalue weighted by molar-refractivity contribution is -0.133. The number of thiophene rings is 2. The highest BCUT2D eigenvalue weighted by atomic mass is 32.1. The first-order valence-electron chi connectivity index (χ1n) is 10.6. The number of hydrogen-bond acceptors (Lipinski definition) is 4. The first-order chi connectivity index (χ1) is 15.1. The molecule has 31 heavy (non-hydrogen) atoms. The van der Waals surface area contributed by atoms with E-state index in [1.54, 1.807) is 11.3 Å². The minimum Gasteiger partial charge on any atom is -0.330 e. The predicted molar refractivity (Wildman–Crippen MR) is 127 cm³/mol. The van der Waals surface area contributed by atoms with Gasteiger partial charge in [0.1, 0.15) is 0 Å². The Morgan fingerprint density at radius 3 is 2.68 bits per heavy atom. The molecule has 4 heterocycles. The summed E-state index contributed by atoms with van der Waals surface area (Å²) in [6.45, 7) is 4.93. The maximum Gasteiger partial charge on any atom is 0.223 e. The van der Waals surface area contributed by atoms with E-state index in [1.807, 2.05) is 41.1 Å². The van der Waals surface area contributed by atoms with Crippen LogP contribution in [0.3, 0.4) is 0 Å². The third-order valence-corrected chi connectivity index (χ3v) is 8.05. The molecule has 4 aromatic rings. The minimum absolute atomic E-state index is 0.0525. The third-order valence-electron chi connectivity index (χ3n) is 6.13. The first kappa shape index (κ1) is 20.2. The van der Waals surface area contributed by atoms with Crippen molar-refractivity contribution in [2.75, 3.05) is 6.54 Å². The Morgan fingerprint density at radius 2 is 1.90 bits per heavy atom. The van der Waals surface area contributed by atoms with Crippen LogP contribution < -0.4 is 0 Å². The normalized spacial score (nSPS) is 15.8. The molecule has 158 valence electrons. The predicted octanol–water partition coefficient (Wildman–Crippen LogP) is 5.72. The van der Waals surface area contributed by atoms with Gasteiger partial charge in [0.25, 0.3) is 0 Å². The molecule has 1 atom stereocenters. The van der Waals surface area contributed by atoms with E-state index in [2.05, 4.69) is 52.9 Å². The Kier molecular flexibility index (Phi) is 5.50. The maximum absolute atomic E-state index is 13.4. The van der Waals surface area contributed by atoms with Crippen molar-refractivity contribution in [3.05, 3.63) is 91.6 Å². The summed E-state index contributed by atoms with van der Waals surface area (Å²) in [6, 6.07) is 16.7. The lowest BCUT2D eigenvalue weighted by Gasteiger charge is -2.35. The van der Waals surface area contributed by atoms with Crippen LogP contribution in [0.5, 0.6) is 0 Å². The van der Waals surface area contributed by atoms with Crippen molar-refractivity contribution in [3.63, 3.8) is 0 Å². The number of para-hydroxylation sites is 1. The van der Waals surface area contributed by atoms with E-state index in [-0.39, 0.29) is 11.9 Å². The van der Waals surface area contributed by atoms with Gasteiger partial charge in [-0.05, 0) is 72.8 Å². The third kappa shape index (κ3) is 3.75. The molecule has 0 saturated heterocycles. The van der Waals surface area contributed by atoms with Crippen molar-refractivity contribution >= 4 is 28.6 Å². The van der Waals surface area contributed by atoms with Gasteiger partial charge in [0.15, 0.2) is 0 Å². The summed E-state index contributed by atoms with van der Waals surface area (Å²) in [5.74, 6) is 0.224. The second-order valence-corrected chi connectivity index (χ2v) is 9.93. The van der Waals surface area contributed by atoms with E-state index in [0.29, 0.717) is 12.8 Å². The fourth-order valence-corrected chi connectivity index (χ4v) is 6.33. The standard InChI is InChI=1S/C25H25N3OS2/c1-17-20(18(2)28(26-17)19-7-4-3-5-8-19)10-11-24(29)27-14-12-22-21(13-16-31-22)25(27)23-9-6-15-30-23/h3-9,13,15-16,25H,10-12,14H2,1-2H3. The second-order valence-electron chi connectivity index (χ2n) is 7.95. The zero-order valence-corrected chi connectivity index (χ0v) is 19.4. The van der Waals surface area contributed by atoms with Crippen molar-refractivity contribution in [2.45, 2.75) is 39.2 Å². The van der Waals surface area contributed by atoms with Gasteiger partial charge in [-0.1, -0.05) is 24.3 Å². The number of aryl methyl sites for hydroxylation is 1. The van der Waals surface area contributed by atoms with Crippen LogP contribution in [0.15, 0.2) is 59.3 Å². The fraction of sp³-hybridized carbons (Fsp3) is 0.280. The quantitative estimate of drug-likeness (QED) is 0.392. The molecule has 1 unspecified atom stereocenters. The molecule has 4 nitrogen and oxygen atoms in total. The van der Waals surface area contributed by atoms with Crippen molar-refractivity contribution < 1.29 is 4.79 Å². The Labute approximate surface area is 190 Å². The maximum atomic E-state index is 13.4. The number of amides is 1. The zero-order chi connectivity index (χ0) is 21.4. The Morgan fingerprint density at radius 1 is 1.06 bits per heavy atom. The van der Waals surface area contributed by atoms with Crippen LogP contribution in [0, 0.1) is 13.8 Å². The van der Waals surface area contributed by atoms with Gasteiger partial charge in [-0.25, -0.2) is 4.68 Å². The van der Waals surface area contributed by atoms with E-state index >= 15 is 0 Å². The first-order valence-corrected chi connectivity index (χ1v) is 12.4. The summed E-state index contributed by atoms with van der Waals surface area (Å²) in [5, 5.41) is 9.00. The van der Waals surface area contributed by atoms with Crippen LogP contribution in [0.4, 0.5) is 0 Å². The molecule has 0 fully saturated rings. The molecule has 1 aliphatic rings. The van der Waals surface area contributed by atoms with Crippen molar-refractivity contribution in [2.24, 2.45) is 0 Å². The molecule has 6 heteroatoms. The minimum atomic E-state index is 0.0525. The smallest absolute Gasteiger partial charge is 0.223 e. The van der Waals surface area contributed by atoms with Crippen LogP contribution in [0.1, 0.15) is 44.7 Å². The number of carbonyl (C=O) groups is 1. The Balaban J connectivity index is 1.37. The van der Waals surface area contributed by atoms with Crippen LogP contribution in [-0.2, 0) is 17.6 Å². The molecule has 1 aromatic carbocycles. The van der Waals surface area contributed by atoms with Crippen LogP contribution >= 0.6 is 22.7 Å². The number of rotatable bonds is 5. The number of nitrogens with zero attached hydrogens (tertiary/aromatic N) is 3. The second kappa shape index (κ2) is 8.44. The summed E-state index contributed by atoms with van der Waals surface area (Å²) < 4.78 is 1.99. The molecule has 0 N–H and O–H groups in total. The molecule has 0 saturated carbocycles. The van der Waals surface area contributed by atoms with E-state index in [4.69, 9.17) is 5.10 Å². The van der Waals surface area contributed by atoms with Gasteiger partial charge in [-0.15, -0.1) is 22.7 Å². The number of carbonyl (C=O) groups excluding carboxylic acids is 1. The number of aromatic nitrogens is 2. The molecule has 0 spiro atoms.